The van der Waals surface area contributed by atoms with Crippen LogP contribution in [0.5, 0.6) is 5.75 Å². The molecular weight excluding hydrogens is 400 g/mol. The Labute approximate surface area is 189 Å². The lowest BCUT2D eigenvalue weighted by Gasteiger charge is -2.37. The number of H-pyrrole nitrogens is 1. The number of benzene rings is 1. The molecule has 0 aliphatic heterocycles. The van der Waals surface area contributed by atoms with Crippen LogP contribution in [0.2, 0.25) is 0 Å². The molecule has 0 bridgehead atoms. The second kappa shape index (κ2) is 9.98. The maximum atomic E-state index is 12.3. The summed E-state index contributed by atoms with van der Waals surface area (Å²) in [6, 6.07) is 11.4. The summed E-state index contributed by atoms with van der Waals surface area (Å²) in [7, 11) is 0. The number of amides is 1. The summed E-state index contributed by atoms with van der Waals surface area (Å²) < 4.78 is 5.57. The summed E-state index contributed by atoms with van der Waals surface area (Å²) in [6.07, 6.45) is 7.95. The largest absolute Gasteiger partial charge is 0.484 e. The fourth-order valence-corrected chi connectivity index (χ4v) is 4.70. The van der Waals surface area contributed by atoms with E-state index >= 15 is 0 Å². The van der Waals surface area contributed by atoms with Crippen LogP contribution in [-0.4, -0.2) is 34.0 Å². The van der Waals surface area contributed by atoms with Gasteiger partial charge < -0.3 is 15.0 Å². The first-order valence-corrected chi connectivity index (χ1v) is 11.4. The molecule has 0 fully saturated rings. The minimum Gasteiger partial charge on any atom is -0.484 e. The van der Waals surface area contributed by atoms with Gasteiger partial charge in [0.25, 0.3) is 5.91 Å². The highest BCUT2D eigenvalue weighted by molar-refractivity contribution is 5.77. The number of ether oxygens (including phenoxy) is 1. The first kappa shape index (κ1) is 22.1. The van der Waals surface area contributed by atoms with E-state index in [1.807, 2.05) is 42.6 Å². The number of aromatic amines is 1. The zero-order valence-corrected chi connectivity index (χ0v) is 19.0. The molecule has 2 heterocycles. The van der Waals surface area contributed by atoms with Crippen LogP contribution >= 0.6 is 0 Å². The predicted molar refractivity (Wildman–Crippen MR) is 126 cm³/mol. The lowest BCUT2D eigenvalue weighted by molar-refractivity contribution is -0.123. The number of pyridine rings is 1. The molecule has 1 aliphatic rings. The number of hydrogen-bond acceptors (Lipinski definition) is 4. The van der Waals surface area contributed by atoms with E-state index in [-0.39, 0.29) is 12.5 Å². The van der Waals surface area contributed by atoms with E-state index in [4.69, 9.17) is 9.72 Å². The molecular formula is C26H32N4O2. The van der Waals surface area contributed by atoms with Crippen LogP contribution in [0, 0.1) is 23.7 Å². The molecule has 4 rings (SSSR count). The lowest BCUT2D eigenvalue weighted by Crippen LogP contribution is -2.38. The van der Waals surface area contributed by atoms with Gasteiger partial charge in [-0.15, -0.1) is 0 Å². The third-order valence-electron chi connectivity index (χ3n) is 6.50. The van der Waals surface area contributed by atoms with Gasteiger partial charge in [0, 0.05) is 19.2 Å². The normalized spacial score (nSPS) is 20.9. The molecule has 3 aromatic rings. The van der Waals surface area contributed by atoms with Crippen molar-refractivity contribution in [1.82, 2.24) is 20.3 Å². The Morgan fingerprint density at radius 3 is 2.81 bits per heavy atom. The number of para-hydroxylation sites is 1. The Bertz CT molecular complexity index is 1040. The van der Waals surface area contributed by atoms with Crippen LogP contribution < -0.4 is 10.1 Å². The Kier molecular flexibility index (Phi) is 6.88. The summed E-state index contributed by atoms with van der Waals surface area (Å²) in [5.74, 6) is 3.45. The van der Waals surface area contributed by atoms with Gasteiger partial charge in [0.15, 0.2) is 6.61 Å². The lowest BCUT2D eigenvalue weighted by atomic mass is 9.70. The van der Waals surface area contributed by atoms with Gasteiger partial charge in [0.1, 0.15) is 11.6 Å². The number of fused-ring (bicyclic) bond motifs is 1. The highest BCUT2D eigenvalue weighted by Gasteiger charge is 2.32. The topological polar surface area (TPSA) is 79.9 Å². The summed E-state index contributed by atoms with van der Waals surface area (Å²) in [4.78, 5) is 24.7. The third-order valence-corrected chi connectivity index (χ3v) is 6.50. The predicted octanol–water partition coefficient (Wildman–Crippen LogP) is 4.55. The molecule has 2 N–H and O–H groups in total. The number of carbonyl (C=O) groups is 1. The molecule has 168 valence electrons. The fourth-order valence-electron chi connectivity index (χ4n) is 4.70. The zero-order chi connectivity index (χ0) is 22.5. The molecule has 0 spiro atoms. The summed E-state index contributed by atoms with van der Waals surface area (Å²) in [5.41, 5.74) is 3.32. The quantitative estimate of drug-likeness (QED) is 0.512. The van der Waals surface area contributed by atoms with Crippen molar-refractivity contribution in [3.05, 3.63) is 66.3 Å². The van der Waals surface area contributed by atoms with Gasteiger partial charge in [0.2, 0.25) is 0 Å². The maximum Gasteiger partial charge on any atom is 0.257 e. The minimum absolute atomic E-state index is 0.0370. The van der Waals surface area contributed by atoms with Crippen LogP contribution in [0.3, 0.4) is 0 Å². The van der Waals surface area contributed by atoms with Crippen molar-refractivity contribution >= 4 is 16.9 Å². The molecule has 0 saturated heterocycles. The summed E-state index contributed by atoms with van der Waals surface area (Å²) in [6.45, 7) is 7.43. The third kappa shape index (κ3) is 5.36. The van der Waals surface area contributed by atoms with Gasteiger partial charge in [-0.05, 0) is 55.2 Å². The molecule has 3 unspecified atom stereocenters. The SMILES string of the molecule is CC1=CC(CNC(=O)COc2ccccc2)C(C(C)C)CC1Cc1nc2ccncc2[nH]1. The summed E-state index contributed by atoms with van der Waals surface area (Å²) in [5, 5.41) is 3.08. The zero-order valence-electron chi connectivity index (χ0n) is 19.0. The second-order valence-electron chi connectivity index (χ2n) is 9.10. The number of rotatable bonds is 8. The molecule has 32 heavy (non-hydrogen) atoms. The van der Waals surface area contributed by atoms with E-state index < -0.39 is 0 Å². The van der Waals surface area contributed by atoms with Crippen LogP contribution in [0.1, 0.15) is 33.0 Å². The Morgan fingerprint density at radius 1 is 1.25 bits per heavy atom. The Balaban J connectivity index is 1.37. The molecule has 1 aromatic carbocycles. The fraction of sp³-hybridized carbons (Fsp3) is 0.423. The van der Waals surface area contributed by atoms with E-state index in [1.165, 1.54) is 5.57 Å². The first-order valence-electron chi connectivity index (χ1n) is 11.4. The van der Waals surface area contributed by atoms with Crippen molar-refractivity contribution in [2.75, 3.05) is 13.2 Å². The van der Waals surface area contributed by atoms with Crippen LogP contribution in [0.15, 0.2) is 60.4 Å². The van der Waals surface area contributed by atoms with Crippen molar-refractivity contribution in [1.29, 1.82) is 0 Å². The van der Waals surface area contributed by atoms with Crippen molar-refractivity contribution in [2.24, 2.45) is 23.7 Å². The van der Waals surface area contributed by atoms with E-state index in [0.29, 0.717) is 36.0 Å². The molecule has 3 atom stereocenters. The van der Waals surface area contributed by atoms with Gasteiger partial charge in [-0.1, -0.05) is 43.7 Å². The van der Waals surface area contributed by atoms with Gasteiger partial charge in [0.05, 0.1) is 17.2 Å². The van der Waals surface area contributed by atoms with Crippen molar-refractivity contribution in [3.63, 3.8) is 0 Å². The Morgan fingerprint density at radius 2 is 2.06 bits per heavy atom. The van der Waals surface area contributed by atoms with Crippen LogP contribution in [-0.2, 0) is 11.2 Å². The monoisotopic (exact) mass is 432 g/mol. The second-order valence-corrected chi connectivity index (χ2v) is 9.10. The maximum absolute atomic E-state index is 12.3. The van der Waals surface area contributed by atoms with E-state index in [2.05, 4.69) is 42.1 Å². The number of allylic oxidation sites excluding steroid dienone is 1. The average Bonchev–Trinajstić information content (AvgIpc) is 3.20. The highest BCUT2D eigenvalue weighted by Crippen LogP contribution is 2.38. The minimum atomic E-state index is -0.0829. The standard InChI is InChI=1S/C26H32N4O2/c1-17(2)22-12-19(13-25-29-23-9-10-27-15-24(23)30-25)18(3)11-20(22)14-28-26(31)16-32-21-7-5-4-6-8-21/h4-11,15,17,19-20,22H,12-14,16H2,1-3H3,(H,28,31)(H,29,30). The first-order chi connectivity index (χ1) is 15.5. The van der Waals surface area contributed by atoms with Crippen molar-refractivity contribution < 1.29 is 9.53 Å². The molecule has 1 aliphatic carbocycles. The summed E-state index contributed by atoms with van der Waals surface area (Å²) >= 11 is 0. The average molecular weight is 433 g/mol. The smallest absolute Gasteiger partial charge is 0.257 e. The number of hydrogen-bond donors (Lipinski definition) is 2. The molecule has 6 heteroatoms. The van der Waals surface area contributed by atoms with Crippen molar-refractivity contribution in [2.45, 2.75) is 33.6 Å². The van der Waals surface area contributed by atoms with Crippen LogP contribution in [0.4, 0.5) is 0 Å². The Hall–Kier alpha value is -3.15. The number of carbonyl (C=O) groups excluding carboxylic acids is 1. The van der Waals surface area contributed by atoms with E-state index in [0.717, 1.165) is 29.7 Å². The van der Waals surface area contributed by atoms with Gasteiger partial charge in [-0.3, -0.25) is 9.78 Å². The van der Waals surface area contributed by atoms with E-state index in [1.54, 1.807) is 6.20 Å². The van der Waals surface area contributed by atoms with Gasteiger partial charge in [-0.2, -0.15) is 0 Å². The van der Waals surface area contributed by atoms with Gasteiger partial charge >= 0.3 is 0 Å². The van der Waals surface area contributed by atoms with Crippen LogP contribution in [0.25, 0.3) is 11.0 Å². The highest BCUT2D eigenvalue weighted by atomic mass is 16.5. The molecule has 6 nitrogen and oxygen atoms in total. The molecule has 0 saturated carbocycles. The molecule has 2 aromatic heterocycles. The number of imidazole rings is 1. The number of nitrogens with one attached hydrogen (secondary N) is 2. The van der Waals surface area contributed by atoms with Crippen molar-refractivity contribution in [3.8, 4) is 5.75 Å². The van der Waals surface area contributed by atoms with Gasteiger partial charge in [-0.25, -0.2) is 4.98 Å². The molecule has 1 amide bonds. The van der Waals surface area contributed by atoms with E-state index in [9.17, 15) is 4.79 Å². The molecule has 0 radical (unpaired) electrons. The number of aromatic nitrogens is 3. The number of nitrogens with zero attached hydrogens (tertiary/aromatic N) is 2.